The molecule has 5 rings (SSSR count). The molecule has 10 nitrogen and oxygen atoms in total. The highest BCUT2D eigenvalue weighted by molar-refractivity contribution is 5.94. The fraction of sp³-hybridized carbons (Fsp3) is 0.290. The summed E-state index contributed by atoms with van der Waals surface area (Å²) in [6.07, 6.45) is 5.84. The molecule has 212 valence electrons. The molecule has 5 aromatic rings. The van der Waals surface area contributed by atoms with E-state index in [-0.39, 0.29) is 23.3 Å². The van der Waals surface area contributed by atoms with Gasteiger partial charge in [-0.05, 0) is 87.1 Å². The lowest BCUT2D eigenvalue weighted by molar-refractivity contribution is 0.0978. The van der Waals surface area contributed by atoms with Gasteiger partial charge in [0, 0.05) is 47.6 Å². The number of aryl methyl sites for hydroxylation is 3. The van der Waals surface area contributed by atoms with Gasteiger partial charge in [0.15, 0.2) is 5.78 Å². The number of benzene rings is 1. The van der Waals surface area contributed by atoms with Gasteiger partial charge < -0.3 is 15.7 Å². The Bertz CT molecular complexity index is 1830. The highest BCUT2D eigenvalue weighted by atomic mass is 16.1. The third-order valence-electron chi connectivity index (χ3n) is 7.25. The fourth-order valence-corrected chi connectivity index (χ4v) is 4.74. The van der Waals surface area contributed by atoms with Crippen LogP contribution in [0.25, 0.3) is 10.9 Å². The van der Waals surface area contributed by atoms with Gasteiger partial charge in [-0.2, -0.15) is 0 Å². The van der Waals surface area contributed by atoms with Crippen molar-refractivity contribution in [2.75, 3.05) is 0 Å². The number of pyridine rings is 3. The van der Waals surface area contributed by atoms with Crippen LogP contribution in [0.15, 0.2) is 58.5 Å². The molecule has 0 spiro atoms. The first-order valence-electron chi connectivity index (χ1n) is 13.4. The summed E-state index contributed by atoms with van der Waals surface area (Å²) in [5.74, 6) is -0.0847. The van der Waals surface area contributed by atoms with Gasteiger partial charge in [-0.25, -0.2) is 4.68 Å². The second-order valence-corrected chi connectivity index (χ2v) is 10.2. The monoisotopic (exact) mass is 553 g/mol. The van der Waals surface area contributed by atoms with E-state index in [1.807, 2.05) is 39.0 Å². The zero-order chi connectivity index (χ0) is 29.7. The van der Waals surface area contributed by atoms with Crippen LogP contribution in [-0.4, -0.2) is 35.7 Å². The molecule has 41 heavy (non-hydrogen) atoms. The number of aromatic nitrogens is 6. The third-order valence-corrected chi connectivity index (χ3v) is 7.25. The summed E-state index contributed by atoms with van der Waals surface area (Å²) >= 11 is 0. The number of nitrogens with two attached hydrogens (primary N) is 1. The van der Waals surface area contributed by atoms with Crippen LogP contribution in [-0.2, 0) is 19.5 Å². The molecule has 0 amide bonds. The zero-order valence-electron chi connectivity index (χ0n) is 24.0. The first-order valence-corrected chi connectivity index (χ1v) is 13.4. The molecular formula is C31H35N7O3. The largest absolute Gasteiger partial charge is 0.329 e. The number of nitrogens with one attached hydrogen (secondary N) is 2. The van der Waals surface area contributed by atoms with E-state index in [2.05, 4.69) is 37.4 Å². The highest BCUT2D eigenvalue weighted by Gasteiger charge is 2.14. The number of carbonyl (C=O) groups is 1. The molecule has 1 aromatic carbocycles. The first kappa shape index (κ1) is 29.3. The van der Waals surface area contributed by atoms with Gasteiger partial charge in [0.25, 0.3) is 11.1 Å². The van der Waals surface area contributed by atoms with Crippen LogP contribution in [0.4, 0.5) is 0 Å². The predicted octanol–water partition coefficient (Wildman–Crippen LogP) is 3.75. The first-order chi connectivity index (χ1) is 19.6. The molecule has 0 aliphatic heterocycles. The van der Waals surface area contributed by atoms with E-state index in [0.717, 1.165) is 50.0 Å². The van der Waals surface area contributed by atoms with Gasteiger partial charge >= 0.3 is 0 Å². The molecule has 4 heterocycles. The summed E-state index contributed by atoms with van der Waals surface area (Å²) < 4.78 is 1.67. The van der Waals surface area contributed by atoms with E-state index >= 15 is 0 Å². The maximum Gasteiger partial charge on any atom is 0.251 e. The summed E-state index contributed by atoms with van der Waals surface area (Å²) in [7, 11) is 0. The lowest BCUT2D eigenvalue weighted by Crippen LogP contribution is -2.15. The maximum absolute atomic E-state index is 12.6. The molecular weight excluding hydrogens is 518 g/mol. The van der Waals surface area contributed by atoms with Crippen LogP contribution in [0.1, 0.15) is 61.5 Å². The van der Waals surface area contributed by atoms with Crippen molar-refractivity contribution in [2.24, 2.45) is 5.73 Å². The number of H-pyrrole nitrogens is 2. The number of hydrogen-bond acceptors (Lipinski definition) is 7. The number of nitrogens with zero attached hydrogens (tertiary/aromatic N) is 4. The SMILES string of the molecule is Cc1c[nH]c(=O)c(C)c1CN.Cc1ccc2cc(Cn3cc(C(=O)CCc4c(C)c[nH]c(=O)c4C)nn3)ccc2n1. The van der Waals surface area contributed by atoms with Crippen LogP contribution in [0.2, 0.25) is 0 Å². The summed E-state index contributed by atoms with van der Waals surface area (Å²) in [5.41, 5.74) is 13.9. The molecule has 4 N–H and O–H groups in total. The van der Waals surface area contributed by atoms with E-state index < -0.39 is 0 Å². The molecule has 0 fully saturated rings. The predicted molar refractivity (Wildman–Crippen MR) is 159 cm³/mol. The van der Waals surface area contributed by atoms with Crippen LogP contribution in [0, 0.1) is 34.6 Å². The van der Waals surface area contributed by atoms with Crippen LogP contribution in [0.5, 0.6) is 0 Å². The Morgan fingerprint density at radius 3 is 2.22 bits per heavy atom. The molecule has 0 radical (unpaired) electrons. The lowest BCUT2D eigenvalue weighted by atomic mass is 9.99. The van der Waals surface area contributed by atoms with E-state index in [0.29, 0.717) is 30.8 Å². The van der Waals surface area contributed by atoms with Crippen molar-refractivity contribution in [1.82, 2.24) is 29.9 Å². The Balaban J connectivity index is 0.000000296. The average molecular weight is 554 g/mol. The Morgan fingerprint density at radius 1 is 0.902 bits per heavy atom. The van der Waals surface area contributed by atoms with E-state index in [1.54, 1.807) is 37.1 Å². The maximum atomic E-state index is 12.6. The van der Waals surface area contributed by atoms with E-state index in [1.165, 1.54) is 0 Å². The number of rotatable bonds is 7. The zero-order valence-corrected chi connectivity index (χ0v) is 24.0. The molecule has 0 aliphatic rings. The number of aromatic amines is 2. The second-order valence-electron chi connectivity index (χ2n) is 10.2. The quantitative estimate of drug-likeness (QED) is 0.260. The van der Waals surface area contributed by atoms with Gasteiger partial charge in [-0.3, -0.25) is 19.4 Å². The summed E-state index contributed by atoms with van der Waals surface area (Å²) in [4.78, 5) is 45.3. The minimum absolute atomic E-state index is 0.0453. The smallest absolute Gasteiger partial charge is 0.251 e. The fourth-order valence-electron chi connectivity index (χ4n) is 4.74. The Hall–Kier alpha value is -4.70. The molecule has 0 unspecified atom stereocenters. The number of carbonyl (C=O) groups excluding carboxylic acids is 1. The molecule has 4 aromatic heterocycles. The van der Waals surface area contributed by atoms with Gasteiger partial charge in [0.2, 0.25) is 0 Å². The van der Waals surface area contributed by atoms with Crippen molar-refractivity contribution >= 4 is 16.7 Å². The average Bonchev–Trinajstić information content (AvgIpc) is 3.42. The standard InChI is InChI=1S/C23H23N5O2.C8H12N2O/c1-14-11-24-23(30)16(3)19(14)7-9-22(29)21-13-28(27-26-21)12-17-5-8-20-18(10-17)6-4-15(2)25-20;1-5-4-10-8(11)6(2)7(5)3-9/h4-6,8,10-11,13H,7,9,12H2,1-3H3,(H,24,30);4H,3,9H2,1-2H3,(H,10,11). The number of ketones is 1. The molecule has 0 saturated heterocycles. The minimum Gasteiger partial charge on any atom is -0.329 e. The van der Waals surface area contributed by atoms with Crippen molar-refractivity contribution in [2.45, 2.75) is 60.5 Å². The number of Topliss-reactive ketones (excluding diaryl/α,β-unsaturated/α-hetero) is 1. The summed E-state index contributed by atoms with van der Waals surface area (Å²) in [5, 5.41) is 9.22. The van der Waals surface area contributed by atoms with Crippen molar-refractivity contribution in [1.29, 1.82) is 0 Å². The molecule has 0 bridgehead atoms. The second kappa shape index (κ2) is 12.6. The number of hydrogen-bond donors (Lipinski definition) is 3. The molecule has 0 aliphatic carbocycles. The van der Waals surface area contributed by atoms with Crippen molar-refractivity contribution < 1.29 is 4.79 Å². The van der Waals surface area contributed by atoms with Crippen LogP contribution >= 0.6 is 0 Å². The Labute approximate surface area is 237 Å². The molecule has 10 heteroatoms. The van der Waals surface area contributed by atoms with Crippen molar-refractivity contribution in [3.8, 4) is 0 Å². The summed E-state index contributed by atoms with van der Waals surface area (Å²) in [6.45, 7) is 10.4. The van der Waals surface area contributed by atoms with Gasteiger partial charge in [0.1, 0.15) is 5.69 Å². The van der Waals surface area contributed by atoms with Gasteiger partial charge in [-0.1, -0.05) is 17.3 Å². The van der Waals surface area contributed by atoms with Gasteiger partial charge in [0.05, 0.1) is 18.3 Å². The van der Waals surface area contributed by atoms with E-state index in [9.17, 15) is 14.4 Å². The molecule has 0 atom stereocenters. The van der Waals surface area contributed by atoms with Crippen molar-refractivity contribution in [3.05, 3.63) is 120 Å². The Kier molecular flexibility index (Phi) is 9.04. The third kappa shape index (κ3) is 6.90. The van der Waals surface area contributed by atoms with Crippen LogP contribution in [0.3, 0.4) is 0 Å². The topological polar surface area (TPSA) is 152 Å². The van der Waals surface area contributed by atoms with Crippen LogP contribution < -0.4 is 16.9 Å². The minimum atomic E-state index is -0.116. The lowest BCUT2D eigenvalue weighted by Gasteiger charge is -2.07. The number of fused-ring (bicyclic) bond motifs is 1. The summed E-state index contributed by atoms with van der Waals surface area (Å²) in [6, 6.07) is 10.1. The molecule has 0 saturated carbocycles. The Morgan fingerprint density at radius 2 is 1.56 bits per heavy atom. The van der Waals surface area contributed by atoms with E-state index in [4.69, 9.17) is 5.73 Å². The highest BCUT2D eigenvalue weighted by Crippen LogP contribution is 2.16. The normalized spacial score (nSPS) is 10.9. The van der Waals surface area contributed by atoms with Crippen molar-refractivity contribution in [3.63, 3.8) is 0 Å². The van der Waals surface area contributed by atoms with Gasteiger partial charge in [-0.15, -0.1) is 5.10 Å².